The van der Waals surface area contributed by atoms with Crippen molar-refractivity contribution < 1.29 is 9.53 Å². The fraction of sp³-hybridized carbons (Fsp3) is 0.148. The molecule has 0 bridgehead atoms. The van der Waals surface area contributed by atoms with Crippen LogP contribution in [0.1, 0.15) is 34.5 Å². The molecule has 0 fully saturated rings. The summed E-state index contributed by atoms with van der Waals surface area (Å²) in [5.41, 5.74) is 10.3. The van der Waals surface area contributed by atoms with Gasteiger partial charge in [0, 0.05) is 23.7 Å². The van der Waals surface area contributed by atoms with Crippen LogP contribution in [-0.2, 0) is 6.54 Å². The minimum absolute atomic E-state index is 0.200. The molecule has 156 valence electrons. The number of rotatable bonds is 7. The summed E-state index contributed by atoms with van der Waals surface area (Å²) in [6.45, 7) is 2.91. The van der Waals surface area contributed by atoms with Crippen LogP contribution in [0.3, 0.4) is 0 Å². The van der Waals surface area contributed by atoms with E-state index >= 15 is 0 Å². The van der Waals surface area contributed by atoms with Gasteiger partial charge in [0.15, 0.2) is 0 Å². The third kappa shape index (κ3) is 4.44. The Labute approximate surface area is 182 Å². The molecule has 0 saturated carbocycles. The lowest BCUT2D eigenvalue weighted by Gasteiger charge is -2.18. The molecule has 31 heavy (non-hydrogen) atoms. The maximum absolute atomic E-state index is 11.4. The van der Waals surface area contributed by atoms with Gasteiger partial charge in [-0.3, -0.25) is 4.79 Å². The summed E-state index contributed by atoms with van der Waals surface area (Å²) in [6, 6.07) is 28.6. The average molecular weight is 411 g/mol. The fourth-order valence-electron chi connectivity index (χ4n) is 3.91. The Kier molecular flexibility index (Phi) is 6.01. The highest BCUT2D eigenvalue weighted by atomic mass is 16.5. The van der Waals surface area contributed by atoms with Gasteiger partial charge in [-0.2, -0.15) is 0 Å². The van der Waals surface area contributed by atoms with E-state index in [1.807, 2.05) is 18.2 Å². The van der Waals surface area contributed by atoms with Crippen molar-refractivity contribution in [2.75, 3.05) is 7.11 Å². The lowest BCUT2D eigenvalue weighted by molar-refractivity contribution is 0.100. The van der Waals surface area contributed by atoms with E-state index in [0.717, 1.165) is 29.0 Å². The first-order chi connectivity index (χ1) is 15.1. The summed E-state index contributed by atoms with van der Waals surface area (Å²) in [6.07, 6.45) is 0. The van der Waals surface area contributed by atoms with Crippen LogP contribution in [-0.4, -0.2) is 13.0 Å². The topological polar surface area (TPSA) is 64.3 Å². The fourth-order valence-corrected chi connectivity index (χ4v) is 3.91. The molecule has 4 heteroatoms. The van der Waals surface area contributed by atoms with Gasteiger partial charge in [0.2, 0.25) is 5.91 Å². The number of benzene rings is 4. The maximum Gasteiger partial charge on any atom is 0.248 e. The van der Waals surface area contributed by atoms with E-state index in [0.29, 0.717) is 5.56 Å². The monoisotopic (exact) mass is 410 g/mol. The van der Waals surface area contributed by atoms with Gasteiger partial charge in [0.05, 0.1) is 7.11 Å². The van der Waals surface area contributed by atoms with Crippen molar-refractivity contribution >= 4 is 16.7 Å². The van der Waals surface area contributed by atoms with Gasteiger partial charge in [-0.15, -0.1) is 0 Å². The van der Waals surface area contributed by atoms with Crippen LogP contribution in [0.15, 0.2) is 84.9 Å². The number of ether oxygens (including phenoxy) is 1. The molecule has 0 aliphatic heterocycles. The number of carbonyl (C=O) groups is 1. The first-order valence-electron chi connectivity index (χ1n) is 10.3. The largest absolute Gasteiger partial charge is 0.496 e. The molecule has 4 rings (SSSR count). The number of primary amides is 1. The van der Waals surface area contributed by atoms with Crippen LogP contribution in [0.5, 0.6) is 5.75 Å². The smallest absolute Gasteiger partial charge is 0.248 e. The van der Waals surface area contributed by atoms with Crippen molar-refractivity contribution in [2.45, 2.75) is 19.5 Å². The van der Waals surface area contributed by atoms with Crippen LogP contribution in [0.4, 0.5) is 0 Å². The molecule has 0 radical (unpaired) electrons. The van der Waals surface area contributed by atoms with Gasteiger partial charge in [-0.25, -0.2) is 0 Å². The number of nitrogens with two attached hydrogens (primary N) is 1. The number of hydrogen-bond acceptors (Lipinski definition) is 3. The molecule has 4 aromatic rings. The molecular formula is C27H26N2O2. The van der Waals surface area contributed by atoms with Gasteiger partial charge in [0.1, 0.15) is 5.75 Å². The van der Waals surface area contributed by atoms with E-state index in [-0.39, 0.29) is 6.04 Å². The summed E-state index contributed by atoms with van der Waals surface area (Å²) in [5, 5.41) is 6.17. The number of methoxy groups -OCH3 is 1. The number of amides is 1. The standard InChI is InChI=1S/C27H26N2O2/c1-18(23-9-5-7-20-6-3-4-8-24(20)23)29-17-19-10-15-26(31-2)25(16-19)21-11-13-22(14-12-21)27(28)30/h3-16,18,29H,17H2,1-2H3,(H2,28,30)/t18-/m1/s1. The Morgan fingerprint density at radius 1 is 0.968 bits per heavy atom. The van der Waals surface area contributed by atoms with Gasteiger partial charge in [0.25, 0.3) is 0 Å². The Morgan fingerprint density at radius 3 is 2.45 bits per heavy atom. The van der Waals surface area contributed by atoms with Crippen molar-refractivity contribution in [1.29, 1.82) is 0 Å². The second kappa shape index (κ2) is 9.02. The normalized spacial score (nSPS) is 11.9. The maximum atomic E-state index is 11.4. The van der Waals surface area contributed by atoms with Crippen LogP contribution in [0, 0.1) is 0 Å². The number of nitrogens with one attached hydrogen (secondary N) is 1. The number of carbonyl (C=O) groups excluding carboxylic acids is 1. The number of fused-ring (bicyclic) bond motifs is 1. The SMILES string of the molecule is COc1ccc(CN[C@H](C)c2cccc3ccccc23)cc1-c1ccc(C(N)=O)cc1. The van der Waals surface area contributed by atoms with E-state index in [9.17, 15) is 4.79 Å². The van der Waals surface area contributed by atoms with Crippen LogP contribution in [0.25, 0.3) is 21.9 Å². The molecule has 0 spiro atoms. The van der Waals surface area contributed by atoms with Crippen molar-refractivity contribution in [3.05, 3.63) is 102 Å². The Hall–Kier alpha value is -3.63. The van der Waals surface area contributed by atoms with Gasteiger partial charge < -0.3 is 15.8 Å². The zero-order chi connectivity index (χ0) is 21.8. The zero-order valence-corrected chi connectivity index (χ0v) is 17.8. The van der Waals surface area contributed by atoms with Crippen molar-refractivity contribution in [3.63, 3.8) is 0 Å². The first-order valence-corrected chi connectivity index (χ1v) is 10.3. The van der Waals surface area contributed by atoms with Gasteiger partial charge in [-0.1, -0.05) is 60.7 Å². The lowest BCUT2D eigenvalue weighted by atomic mass is 9.98. The molecule has 0 unspecified atom stereocenters. The molecule has 1 atom stereocenters. The molecule has 0 saturated heterocycles. The Morgan fingerprint density at radius 2 is 1.71 bits per heavy atom. The molecule has 0 aliphatic rings. The van der Waals surface area contributed by atoms with E-state index in [4.69, 9.17) is 10.5 Å². The predicted octanol–water partition coefficient (Wildman–Crippen LogP) is 5.47. The molecule has 0 heterocycles. The summed E-state index contributed by atoms with van der Waals surface area (Å²) >= 11 is 0. The van der Waals surface area contributed by atoms with Crippen LogP contribution >= 0.6 is 0 Å². The third-order valence-corrected chi connectivity index (χ3v) is 5.65. The minimum atomic E-state index is -0.432. The molecule has 4 aromatic carbocycles. The van der Waals surface area contributed by atoms with Gasteiger partial charge in [-0.05, 0) is 58.7 Å². The first kappa shape index (κ1) is 20.6. The third-order valence-electron chi connectivity index (χ3n) is 5.65. The summed E-state index contributed by atoms with van der Waals surface area (Å²) in [4.78, 5) is 11.4. The molecule has 1 amide bonds. The second-order valence-electron chi connectivity index (χ2n) is 7.65. The molecule has 4 nitrogen and oxygen atoms in total. The second-order valence-corrected chi connectivity index (χ2v) is 7.65. The molecule has 0 aliphatic carbocycles. The quantitative estimate of drug-likeness (QED) is 0.425. The molecular weight excluding hydrogens is 384 g/mol. The van der Waals surface area contributed by atoms with Crippen molar-refractivity contribution in [2.24, 2.45) is 5.73 Å². The zero-order valence-electron chi connectivity index (χ0n) is 17.8. The van der Waals surface area contributed by atoms with E-state index in [1.54, 1.807) is 19.2 Å². The Balaban J connectivity index is 1.56. The van der Waals surface area contributed by atoms with E-state index in [2.05, 4.69) is 66.8 Å². The molecule has 0 aromatic heterocycles. The highest BCUT2D eigenvalue weighted by molar-refractivity contribution is 5.93. The highest BCUT2D eigenvalue weighted by Gasteiger charge is 2.11. The summed E-state index contributed by atoms with van der Waals surface area (Å²) in [5.74, 6) is 0.358. The number of hydrogen-bond donors (Lipinski definition) is 2. The van der Waals surface area contributed by atoms with Crippen molar-refractivity contribution in [1.82, 2.24) is 5.32 Å². The Bertz CT molecular complexity index is 1210. The van der Waals surface area contributed by atoms with Gasteiger partial charge >= 0.3 is 0 Å². The minimum Gasteiger partial charge on any atom is -0.496 e. The predicted molar refractivity (Wildman–Crippen MR) is 126 cm³/mol. The van der Waals surface area contributed by atoms with Crippen LogP contribution in [0.2, 0.25) is 0 Å². The molecule has 3 N–H and O–H groups in total. The van der Waals surface area contributed by atoms with E-state index in [1.165, 1.54) is 16.3 Å². The summed E-state index contributed by atoms with van der Waals surface area (Å²) in [7, 11) is 1.66. The van der Waals surface area contributed by atoms with Crippen LogP contribution < -0.4 is 15.8 Å². The average Bonchev–Trinajstić information content (AvgIpc) is 2.82. The van der Waals surface area contributed by atoms with Crippen molar-refractivity contribution in [3.8, 4) is 16.9 Å². The van der Waals surface area contributed by atoms with E-state index < -0.39 is 5.91 Å². The highest BCUT2D eigenvalue weighted by Crippen LogP contribution is 2.31. The lowest BCUT2D eigenvalue weighted by Crippen LogP contribution is -2.18. The summed E-state index contributed by atoms with van der Waals surface area (Å²) < 4.78 is 5.56.